The van der Waals surface area contributed by atoms with Gasteiger partial charge in [0.1, 0.15) is 17.2 Å². The average Bonchev–Trinajstić information content (AvgIpc) is 3.51. The van der Waals surface area contributed by atoms with Gasteiger partial charge < -0.3 is 34.4 Å². The van der Waals surface area contributed by atoms with Crippen molar-refractivity contribution < 1.29 is 23.0 Å². The lowest BCUT2D eigenvalue weighted by Crippen LogP contribution is -2.68. The molecule has 3 saturated heterocycles. The molecule has 0 spiro atoms. The molecule has 0 aromatic heterocycles. The molecule has 2 aromatic carbocycles. The Morgan fingerprint density at radius 2 is 1.80 bits per heavy atom. The third kappa shape index (κ3) is 7.29. The number of nitrogens with one attached hydrogen (secondary N) is 1. The number of alkyl carbamates (subject to hydrolysis) is 1. The van der Waals surface area contributed by atoms with Crippen molar-refractivity contribution in [3.8, 4) is 6.07 Å². The summed E-state index contributed by atoms with van der Waals surface area (Å²) < 4.78 is 41.4. The zero-order chi connectivity index (χ0) is 34.8. The number of anilines is 1. The second-order valence-corrected chi connectivity index (χ2v) is 15.1. The van der Waals surface area contributed by atoms with Crippen LogP contribution in [0.5, 0.6) is 0 Å². The van der Waals surface area contributed by atoms with Crippen LogP contribution in [0.15, 0.2) is 36.4 Å². The summed E-state index contributed by atoms with van der Waals surface area (Å²) in [5.74, 6) is -0.138. The summed E-state index contributed by atoms with van der Waals surface area (Å²) in [6.45, 7) is 7.14. The topological polar surface area (TPSA) is 84.3 Å². The molecule has 2 aromatic rings. The number of piperidine rings is 1. The van der Waals surface area contributed by atoms with Crippen molar-refractivity contribution in [2.24, 2.45) is 11.8 Å². The van der Waals surface area contributed by atoms with E-state index in [-0.39, 0.29) is 29.0 Å². The van der Waals surface area contributed by atoms with Gasteiger partial charge >= 0.3 is 6.09 Å². The maximum atomic E-state index is 15.2. The Hall–Kier alpha value is -3.30. The Balaban J connectivity index is 1.20. The van der Waals surface area contributed by atoms with Crippen molar-refractivity contribution in [3.63, 3.8) is 0 Å². The highest BCUT2D eigenvalue weighted by Crippen LogP contribution is 2.51. The number of hydrogen-bond donors (Lipinski definition) is 1. The van der Waals surface area contributed by atoms with Crippen LogP contribution in [0.3, 0.4) is 0 Å². The van der Waals surface area contributed by atoms with Crippen LogP contribution in [0.25, 0.3) is 0 Å². The van der Waals surface area contributed by atoms with E-state index in [1.807, 2.05) is 36.0 Å². The number of halogens is 2. The third-order valence-electron chi connectivity index (χ3n) is 11.8. The molecule has 1 amide bonds. The van der Waals surface area contributed by atoms with Gasteiger partial charge in [0.15, 0.2) is 0 Å². The summed E-state index contributed by atoms with van der Waals surface area (Å²) in [6, 6.07) is 12.5. The van der Waals surface area contributed by atoms with Gasteiger partial charge in [-0.3, -0.25) is 0 Å². The predicted molar refractivity (Wildman–Crippen MR) is 185 cm³/mol. The van der Waals surface area contributed by atoms with E-state index in [0.29, 0.717) is 36.8 Å². The number of rotatable bonds is 12. The molecule has 9 nitrogen and oxygen atoms in total. The molecule has 3 atom stereocenters. The number of hydrogen-bond acceptors (Lipinski definition) is 8. The van der Waals surface area contributed by atoms with Gasteiger partial charge in [0.2, 0.25) is 0 Å². The second-order valence-electron chi connectivity index (χ2n) is 15.1. The molecule has 49 heavy (non-hydrogen) atoms. The highest BCUT2D eigenvalue weighted by Gasteiger charge is 2.54. The minimum atomic E-state index is -0.423. The van der Waals surface area contributed by atoms with Gasteiger partial charge in [-0.15, -0.1) is 0 Å². The quantitative estimate of drug-likeness (QED) is 0.337. The van der Waals surface area contributed by atoms with E-state index in [1.54, 1.807) is 13.2 Å². The monoisotopic (exact) mass is 678 g/mol. The number of nitriles is 1. The Bertz CT molecular complexity index is 1520. The lowest BCUT2D eigenvalue weighted by Gasteiger charge is -2.55. The van der Waals surface area contributed by atoms with E-state index in [2.05, 4.69) is 27.3 Å². The summed E-state index contributed by atoms with van der Waals surface area (Å²) in [7, 11) is 7.02. The molecule has 1 aliphatic carbocycles. The van der Waals surface area contributed by atoms with Crippen LogP contribution in [-0.4, -0.2) is 113 Å². The molecule has 0 radical (unpaired) electrons. The van der Waals surface area contributed by atoms with Gasteiger partial charge in [0, 0.05) is 38.2 Å². The van der Waals surface area contributed by atoms with Gasteiger partial charge in [-0.1, -0.05) is 18.6 Å². The van der Waals surface area contributed by atoms with Gasteiger partial charge in [0.05, 0.1) is 37.5 Å². The summed E-state index contributed by atoms with van der Waals surface area (Å²) in [5.41, 5.74) is 1.99. The first-order chi connectivity index (χ1) is 23.6. The van der Waals surface area contributed by atoms with Crippen LogP contribution in [0.1, 0.15) is 55.2 Å². The van der Waals surface area contributed by atoms with Crippen molar-refractivity contribution in [2.45, 2.75) is 62.1 Å². The number of methoxy groups -OCH3 is 2. The minimum Gasteiger partial charge on any atom is -0.453 e. The van der Waals surface area contributed by atoms with Gasteiger partial charge in [-0.05, 0) is 120 Å². The molecule has 6 rings (SSSR count). The number of nitrogens with zero attached hydrogens (tertiary/aromatic N) is 5. The molecular formula is C38H52F2N6O3. The maximum Gasteiger partial charge on any atom is 0.407 e. The fraction of sp³-hybridized carbons (Fsp3) is 0.632. The van der Waals surface area contributed by atoms with Crippen LogP contribution >= 0.6 is 0 Å². The molecule has 4 fully saturated rings. The fourth-order valence-electron chi connectivity index (χ4n) is 9.29. The van der Waals surface area contributed by atoms with E-state index in [0.717, 1.165) is 82.5 Å². The van der Waals surface area contributed by atoms with Gasteiger partial charge in [0.25, 0.3) is 0 Å². The molecule has 1 N–H and O–H groups in total. The predicted octanol–water partition coefficient (Wildman–Crippen LogP) is 4.98. The number of likely N-dealkylation sites (tertiary alicyclic amines) is 2. The SMILES string of the molecule is COC(=O)N[C@H]1CCC[C@@H]1[C@](CN1CCC1)(c1cccc(F)c1)C1CCN(CC2(OC)CN(c3cc(CN(C)C)c(C#N)cc3F)C2)CC1. The third-order valence-corrected chi connectivity index (χ3v) is 11.8. The zero-order valence-corrected chi connectivity index (χ0v) is 29.5. The average molecular weight is 679 g/mol. The Morgan fingerprint density at radius 3 is 2.41 bits per heavy atom. The standard InChI is InChI=1S/C38H52F2N6O3/c1-43(2)22-28-19-35(33(40)18-27(28)21-41)46-24-37(25-46,49-4)23-45-16-12-29(13-17-45)38(26-44-14-7-15-44,30-8-5-9-31(39)20-30)32-10-6-11-34(32)42-36(47)48-3/h5,8-9,18-20,29,32,34H,6-7,10-17,22-26H2,1-4H3,(H,42,47)/t32-,34-,38-/m0/s1. The van der Waals surface area contributed by atoms with Crippen molar-refractivity contribution in [3.05, 3.63) is 64.7 Å². The van der Waals surface area contributed by atoms with E-state index < -0.39 is 11.7 Å². The number of benzene rings is 2. The molecule has 266 valence electrons. The van der Waals surface area contributed by atoms with Crippen molar-refractivity contribution in [1.29, 1.82) is 5.26 Å². The van der Waals surface area contributed by atoms with Crippen LogP contribution in [0, 0.1) is 34.8 Å². The summed E-state index contributed by atoms with van der Waals surface area (Å²) in [4.78, 5) is 21.5. The molecule has 11 heteroatoms. The van der Waals surface area contributed by atoms with Crippen molar-refractivity contribution in [2.75, 3.05) is 85.6 Å². The van der Waals surface area contributed by atoms with Crippen LogP contribution in [0.4, 0.5) is 19.3 Å². The number of amides is 1. The molecule has 0 unspecified atom stereocenters. The normalized spacial score (nSPS) is 24.2. The Morgan fingerprint density at radius 1 is 1.04 bits per heavy atom. The molecule has 4 aliphatic rings. The Kier molecular flexibility index (Phi) is 10.8. The van der Waals surface area contributed by atoms with Crippen molar-refractivity contribution in [1.82, 2.24) is 20.0 Å². The summed E-state index contributed by atoms with van der Waals surface area (Å²) in [6.07, 6.45) is 5.55. The molecular weight excluding hydrogens is 626 g/mol. The minimum absolute atomic E-state index is 0.0337. The smallest absolute Gasteiger partial charge is 0.407 e. The summed E-state index contributed by atoms with van der Waals surface area (Å²) in [5, 5.41) is 12.7. The molecule has 1 saturated carbocycles. The van der Waals surface area contributed by atoms with Gasteiger partial charge in [-0.25, -0.2) is 13.6 Å². The first-order valence-corrected chi connectivity index (χ1v) is 17.8. The number of carbonyl (C=O) groups is 1. The van der Waals surface area contributed by atoms with Crippen molar-refractivity contribution >= 4 is 11.8 Å². The largest absolute Gasteiger partial charge is 0.453 e. The number of carbonyl (C=O) groups excluding carboxylic acids is 1. The zero-order valence-electron chi connectivity index (χ0n) is 29.5. The second kappa shape index (κ2) is 14.9. The van der Waals surface area contributed by atoms with E-state index in [9.17, 15) is 10.1 Å². The van der Waals surface area contributed by atoms with E-state index in [1.165, 1.54) is 25.7 Å². The van der Waals surface area contributed by atoms with E-state index >= 15 is 8.78 Å². The maximum absolute atomic E-state index is 15.2. The lowest BCUT2D eigenvalue weighted by atomic mass is 9.57. The number of ether oxygens (including phenoxy) is 2. The first kappa shape index (κ1) is 35.5. The van der Waals surface area contributed by atoms with Crippen LogP contribution in [0.2, 0.25) is 0 Å². The summed E-state index contributed by atoms with van der Waals surface area (Å²) >= 11 is 0. The van der Waals surface area contributed by atoms with Gasteiger partial charge in [-0.2, -0.15) is 5.26 Å². The first-order valence-electron chi connectivity index (χ1n) is 17.8. The molecule has 3 aliphatic heterocycles. The highest BCUT2D eigenvalue weighted by molar-refractivity contribution is 5.67. The highest BCUT2D eigenvalue weighted by atomic mass is 19.1. The lowest BCUT2D eigenvalue weighted by molar-refractivity contribution is -0.0659. The van der Waals surface area contributed by atoms with Crippen LogP contribution in [-0.2, 0) is 21.4 Å². The fourth-order valence-corrected chi connectivity index (χ4v) is 9.29. The molecule has 0 bridgehead atoms. The van der Waals surface area contributed by atoms with Crippen LogP contribution < -0.4 is 10.2 Å². The molecule has 3 heterocycles. The van der Waals surface area contributed by atoms with E-state index in [4.69, 9.17) is 9.47 Å². The Labute approximate surface area is 290 Å².